The van der Waals surface area contributed by atoms with Gasteiger partial charge in [0, 0.05) is 24.6 Å². The fourth-order valence-corrected chi connectivity index (χ4v) is 5.13. The molecule has 0 spiro atoms. The summed E-state index contributed by atoms with van der Waals surface area (Å²) in [7, 11) is 2.47. The number of hydrogen-bond donors (Lipinski definition) is 1. The number of pyridine rings is 1. The smallest absolute Gasteiger partial charge is 0.345 e. The van der Waals surface area contributed by atoms with Gasteiger partial charge in [0.15, 0.2) is 0 Å². The zero-order valence-corrected chi connectivity index (χ0v) is 16.1. The molecule has 9 heteroatoms. The second-order valence-electron chi connectivity index (χ2n) is 5.91. The summed E-state index contributed by atoms with van der Waals surface area (Å²) >= 11 is 0. The van der Waals surface area contributed by atoms with Gasteiger partial charge in [0.1, 0.15) is 9.77 Å². The van der Waals surface area contributed by atoms with Gasteiger partial charge in [0.2, 0.25) is 11.8 Å². The number of para-hydroxylation sites is 1. The minimum Gasteiger partial charge on any atom is -0.372 e. The van der Waals surface area contributed by atoms with E-state index < -0.39 is 10.7 Å². The first-order chi connectivity index (χ1) is 13.0. The zero-order valence-electron chi connectivity index (χ0n) is 14.5. The Bertz CT molecular complexity index is 862. The third-order valence-electron chi connectivity index (χ3n) is 4.14. The first-order valence-corrected chi connectivity index (χ1v) is 10.3. The van der Waals surface area contributed by atoms with E-state index >= 15 is 0 Å². The maximum Gasteiger partial charge on any atom is 0.345 e. The second kappa shape index (κ2) is 8.12. The lowest BCUT2D eigenvalue weighted by molar-refractivity contribution is -0.147. The van der Waals surface area contributed by atoms with Crippen LogP contribution >= 0.6 is 21.6 Å². The largest absolute Gasteiger partial charge is 0.372 e. The quantitative estimate of drug-likeness (QED) is 0.446. The van der Waals surface area contributed by atoms with Gasteiger partial charge in [-0.3, -0.25) is 14.5 Å². The van der Waals surface area contributed by atoms with E-state index in [9.17, 15) is 14.4 Å². The van der Waals surface area contributed by atoms with Crippen LogP contribution in [0, 0.1) is 0 Å². The van der Waals surface area contributed by atoms with Crippen molar-refractivity contribution < 1.29 is 19.2 Å². The number of amides is 2. The number of nitrogens with two attached hydrogens (primary N) is 1. The van der Waals surface area contributed by atoms with Crippen LogP contribution in [0.5, 0.6) is 0 Å². The summed E-state index contributed by atoms with van der Waals surface area (Å²) < 4.78 is -1.27. The van der Waals surface area contributed by atoms with Crippen LogP contribution in [0.3, 0.4) is 0 Å². The molecule has 1 aliphatic heterocycles. The van der Waals surface area contributed by atoms with Crippen LogP contribution in [0.25, 0.3) is 0 Å². The van der Waals surface area contributed by atoms with Crippen molar-refractivity contribution in [2.75, 3.05) is 4.90 Å². The van der Waals surface area contributed by atoms with Gasteiger partial charge in [0.05, 0.1) is 5.69 Å². The number of carbonyl (C=O) groups is 3. The predicted molar refractivity (Wildman–Crippen MR) is 103 cm³/mol. The van der Waals surface area contributed by atoms with Gasteiger partial charge >= 0.3 is 5.97 Å². The van der Waals surface area contributed by atoms with Crippen molar-refractivity contribution in [2.24, 2.45) is 5.90 Å². The second-order valence-corrected chi connectivity index (χ2v) is 8.48. The van der Waals surface area contributed by atoms with Crippen molar-refractivity contribution >= 4 is 45.1 Å². The van der Waals surface area contributed by atoms with Gasteiger partial charge < -0.3 is 4.84 Å². The van der Waals surface area contributed by atoms with Crippen molar-refractivity contribution in [3.63, 3.8) is 0 Å². The first-order valence-electron chi connectivity index (χ1n) is 8.10. The molecule has 1 atom stereocenters. The van der Waals surface area contributed by atoms with E-state index in [-0.39, 0.29) is 24.7 Å². The topological polar surface area (TPSA) is 103 Å². The minimum atomic E-state index is -1.27. The number of anilines is 1. The monoisotopic (exact) mass is 403 g/mol. The molecule has 1 fully saturated rings. The number of rotatable bonds is 6. The van der Waals surface area contributed by atoms with Crippen LogP contribution in [-0.2, 0) is 24.0 Å². The Labute approximate surface area is 164 Å². The molecule has 2 aromatic rings. The molecule has 0 saturated carbocycles. The Balaban J connectivity index is 2.02. The van der Waals surface area contributed by atoms with Crippen molar-refractivity contribution in [3.05, 3.63) is 54.2 Å². The Morgan fingerprint density at radius 2 is 1.81 bits per heavy atom. The third-order valence-corrected chi connectivity index (χ3v) is 7.12. The normalized spacial score (nSPS) is 16.3. The van der Waals surface area contributed by atoms with E-state index in [1.807, 2.05) is 12.1 Å². The van der Waals surface area contributed by atoms with Crippen LogP contribution in [0.15, 0.2) is 53.7 Å². The average Bonchev–Trinajstić information content (AvgIpc) is 3.04. The molecule has 3 rings (SSSR count). The van der Waals surface area contributed by atoms with Crippen molar-refractivity contribution in [1.29, 1.82) is 0 Å². The zero-order chi connectivity index (χ0) is 19.4. The Morgan fingerprint density at radius 1 is 1.15 bits per heavy atom. The molecule has 0 aliphatic carbocycles. The van der Waals surface area contributed by atoms with Gasteiger partial charge in [-0.15, -0.1) is 0 Å². The van der Waals surface area contributed by atoms with Crippen LogP contribution < -0.4 is 10.8 Å². The van der Waals surface area contributed by atoms with Gasteiger partial charge in [-0.2, -0.15) is 5.90 Å². The summed E-state index contributed by atoms with van der Waals surface area (Å²) in [5, 5.41) is 0.698. The highest BCUT2D eigenvalue weighted by Gasteiger charge is 2.43. The molecule has 1 aromatic carbocycles. The highest BCUT2D eigenvalue weighted by Crippen LogP contribution is 2.50. The number of benzene rings is 1. The van der Waals surface area contributed by atoms with E-state index in [1.54, 1.807) is 43.5 Å². The molecule has 140 valence electrons. The van der Waals surface area contributed by atoms with Crippen molar-refractivity contribution in [1.82, 2.24) is 4.98 Å². The molecule has 2 heterocycles. The standard InChI is InChI=1S/C18H17N3O4S2/c1-18(17(24)25-19,27-26-14-8-4-5-11-20-14)12-6-2-3-7-13(12)21-15(22)9-10-16(21)23/h2-8,11H,9-10,19H2,1H3. The predicted octanol–water partition coefficient (Wildman–Crippen LogP) is 2.81. The molecule has 7 nitrogen and oxygen atoms in total. The van der Waals surface area contributed by atoms with E-state index in [2.05, 4.69) is 9.82 Å². The third kappa shape index (κ3) is 3.85. The molecular weight excluding hydrogens is 386 g/mol. The van der Waals surface area contributed by atoms with Crippen molar-refractivity contribution in [2.45, 2.75) is 29.5 Å². The van der Waals surface area contributed by atoms with Gasteiger partial charge in [-0.1, -0.05) is 35.1 Å². The van der Waals surface area contributed by atoms with Crippen molar-refractivity contribution in [3.8, 4) is 0 Å². The fourth-order valence-electron chi connectivity index (χ4n) is 2.74. The summed E-state index contributed by atoms with van der Waals surface area (Å²) in [6.07, 6.45) is 1.96. The number of nitrogens with zero attached hydrogens (tertiary/aromatic N) is 2. The fraction of sp³-hybridized carbons (Fsp3) is 0.222. The minimum absolute atomic E-state index is 0.154. The summed E-state index contributed by atoms with van der Waals surface area (Å²) in [6.45, 7) is 1.65. The number of aromatic nitrogens is 1. The number of carbonyl (C=O) groups excluding carboxylic acids is 3. The molecule has 0 radical (unpaired) electrons. The van der Waals surface area contributed by atoms with E-state index in [1.165, 1.54) is 21.6 Å². The molecule has 2 N–H and O–H groups in total. The average molecular weight is 403 g/mol. The molecule has 2 amide bonds. The van der Waals surface area contributed by atoms with Gasteiger partial charge in [-0.25, -0.2) is 9.78 Å². The Kier molecular flexibility index (Phi) is 5.83. The molecular formula is C18H17N3O4S2. The molecule has 1 aliphatic rings. The molecule has 27 heavy (non-hydrogen) atoms. The lowest BCUT2D eigenvalue weighted by Gasteiger charge is -2.29. The summed E-state index contributed by atoms with van der Waals surface area (Å²) in [5.74, 6) is 3.91. The molecule has 1 saturated heterocycles. The van der Waals surface area contributed by atoms with Crippen LogP contribution in [0.4, 0.5) is 5.69 Å². The van der Waals surface area contributed by atoms with E-state index in [0.717, 1.165) is 4.90 Å². The highest BCUT2D eigenvalue weighted by atomic mass is 33.1. The van der Waals surface area contributed by atoms with E-state index in [0.29, 0.717) is 16.3 Å². The Morgan fingerprint density at radius 3 is 2.44 bits per heavy atom. The maximum atomic E-state index is 12.6. The summed E-state index contributed by atoms with van der Waals surface area (Å²) in [5.41, 5.74) is 0.838. The molecule has 1 aromatic heterocycles. The molecule has 0 bridgehead atoms. The lowest BCUT2D eigenvalue weighted by Crippen LogP contribution is -2.36. The van der Waals surface area contributed by atoms with Crippen LogP contribution in [0.1, 0.15) is 25.3 Å². The van der Waals surface area contributed by atoms with Crippen LogP contribution in [-0.4, -0.2) is 22.8 Å². The number of imide groups is 1. The van der Waals surface area contributed by atoms with Crippen LogP contribution in [0.2, 0.25) is 0 Å². The maximum absolute atomic E-state index is 12.6. The first kappa shape index (κ1) is 19.4. The van der Waals surface area contributed by atoms with Gasteiger partial charge in [0.25, 0.3) is 0 Å². The summed E-state index contributed by atoms with van der Waals surface area (Å²) in [4.78, 5) is 46.9. The SMILES string of the molecule is CC(SSc1ccccn1)(C(=O)ON)c1ccccc1N1C(=O)CCC1=O. The summed E-state index contributed by atoms with van der Waals surface area (Å²) in [6, 6.07) is 12.2. The molecule has 1 unspecified atom stereocenters. The van der Waals surface area contributed by atoms with Gasteiger partial charge in [-0.05, 0) is 35.9 Å². The highest BCUT2D eigenvalue weighted by molar-refractivity contribution is 8.77. The Hall–Kier alpha value is -2.36. The number of hydrogen-bond acceptors (Lipinski definition) is 8. The lowest BCUT2D eigenvalue weighted by atomic mass is 9.97. The van der Waals surface area contributed by atoms with E-state index in [4.69, 9.17) is 5.90 Å².